The fourth-order valence-electron chi connectivity index (χ4n) is 3.96. The van der Waals surface area contributed by atoms with Crippen molar-refractivity contribution in [3.05, 3.63) is 60.1 Å². The third-order valence-corrected chi connectivity index (χ3v) is 5.21. The predicted octanol–water partition coefficient (Wildman–Crippen LogP) is 2.88. The van der Waals surface area contributed by atoms with E-state index in [-0.39, 0.29) is 12.1 Å². The van der Waals surface area contributed by atoms with E-state index in [0.717, 1.165) is 43.1 Å². The number of furan rings is 1. The maximum absolute atomic E-state index is 6.01. The quantitative estimate of drug-likeness (QED) is 0.736. The molecule has 25 heavy (non-hydrogen) atoms. The smallest absolute Gasteiger partial charge is 0.134 e. The minimum absolute atomic E-state index is 0.241. The van der Waals surface area contributed by atoms with Crippen LogP contribution in [-0.4, -0.2) is 39.1 Å². The Hall–Kier alpha value is -2.44. The lowest BCUT2D eigenvalue weighted by Gasteiger charge is -2.41. The maximum atomic E-state index is 6.01. The number of nitrogens with zero attached hydrogens (tertiary/aromatic N) is 4. The Labute approximate surface area is 146 Å². The molecule has 2 aromatic heterocycles. The van der Waals surface area contributed by atoms with Gasteiger partial charge in [0.2, 0.25) is 0 Å². The highest BCUT2D eigenvalue weighted by molar-refractivity contribution is 5.61. The van der Waals surface area contributed by atoms with E-state index in [1.54, 1.807) is 12.5 Å². The number of piperidine rings is 1. The zero-order chi connectivity index (χ0) is 16.6. The number of fused-ring (bicyclic) bond motifs is 3. The van der Waals surface area contributed by atoms with E-state index in [4.69, 9.17) is 9.15 Å². The number of hydrogen-bond acceptors (Lipinski definition) is 5. The highest BCUT2D eigenvalue weighted by Crippen LogP contribution is 2.32. The van der Waals surface area contributed by atoms with Gasteiger partial charge in [0.15, 0.2) is 0 Å². The average molecular weight is 336 g/mol. The van der Waals surface area contributed by atoms with Crippen LogP contribution in [0.3, 0.4) is 0 Å². The molecule has 0 amide bonds. The Morgan fingerprint density at radius 1 is 1.16 bits per heavy atom. The zero-order valence-corrected chi connectivity index (χ0v) is 13.9. The molecule has 1 saturated heterocycles. The third-order valence-electron chi connectivity index (χ3n) is 5.21. The summed E-state index contributed by atoms with van der Waals surface area (Å²) in [5, 5.41) is 8.34. The number of hydrogen-bond donors (Lipinski definition) is 0. The van der Waals surface area contributed by atoms with Crippen LogP contribution < -0.4 is 0 Å². The molecule has 0 spiro atoms. The summed E-state index contributed by atoms with van der Waals surface area (Å²) >= 11 is 0. The van der Waals surface area contributed by atoms with Crippen molar-refractivity contribution in [1.82, 2.24) is 19.9 Å². The lowest BCUT2D eigenvalue weighted by Crippen LogP contribution is -2.47. The van der Waals surface area contributed by atoms with Gasteiger partial charge in [-0.05, 0) is 24.1 Å². The zero-order valence-electron chi connectivity index (χ0n) is 13.9. The monoisotopic (exact) mass is 336 g/mol. The summed E-state index contributed by atoms with van der Waals surface area (Å²) in [6.45, 7) is 3.46. The van der Waals surface area contributed by atoms with Gasteiger partial charge in [-0.25, -0.2) is 4.68 Å². The first-order valence-electron chi connectivity index (χ1n) is 8.73. The summed E-state index contributed by atoms with van der Waals surface area (Å²) in [6.07, 6.45) is 4.79. The molecule has 2 aliphatic rings. The molecule has 0 aliphatic carbocycles. The van der Waals surface area contributed by atoms with Crippen molar-refractivity contribution in [2.45, 2.75) is 31.7 Å². The van der Waals surface area contributed by atoms with E-state index in [0.29, 0.717) is 6.61 Å². The van der Waals surface area contributed by atoms with Crippen LogP contribution in [0, 0.1) is 0 Å². The SMILES string of the molecule is c1coc(-c2ccccc2CN2CC[C@H]3OCc4cnnn4[C@@H]3C2)c1. The Balaban J connectivity index is 1.38. The lowest BCUT2D eigenvalue weighted by atomic mass is 9.98. The summed E-state index contributed by atoms with van der Waals surface area (Å²) < 4.78 is 13.7. The molecule has 128 valence electrons. The summed E-state index contributed by atoms with van der Waals surface area (Å²) in [4.78, 5) is 2.48. The number of rotatable bonds is 3. The molecule has 0 bridgehead atoms. The van der Waals surface area contributed by atoms with Gasteiger partial charge in [-0.2, -0.15) is 0 Å². The molecule has 2 aliphatic heterocycles. The molecule has 6 heteroatoms. The van der Waals surface area contributed by atoms with Crippen molar-refractivity contribution >= 4 is 0 Å². The topological polar surface area (TPSA) is 56.3 Å². The Morgan fingerprint density at radius 3 is 3.04 bits per heavy atom. The number of likely N-dealkylation sites (tertiary alicyclic amines) is 1. The molecule has 6 nitrogen and oxygen atoms in total. The Morgan fingerprint density at radius 2 is 2.12 bits per heavy atom. The second-order valence-corrected chi connectivity index (χ2v) is 6.74. The molecule has 0 saturated carbocycles. The van der Waals surface area contributed by atoms with Crippen molar-refractivity contribution in [2.24, 2.45) is 0 Å². The molecule has 1 fully saturated rings. The van der Waals surface area contributed by atoms with Crippen LogP contribution in [0.2, 0.25) is 0 Å². The molecule has 2 atom stereocenters. The molecule has 0 radical (unpaired) electrons. The van der Waals surface area contributed by atoms with Crippen LogP contribution in [0.15, 0.2) is 53.3 Å². The predicted molar refractivity (Wildman–Crippen MR) is 91.7 cm³/mol. The van der Waals surface area contributed by atoms with Gasteiger partial charge in [-0.3, -0.25) is 4.90 Å². The largest absolute Gasteiger partial charge is 0.464 e. The van der Waals surface area contributed by atoms with E-state index >= 15 is 0 Å². The van der Waals surface area contributed by atoms with Gasteiger partial charge in [0.1, 0.15) is 5.76 Å². The van der Waals surface area contributed by atoms with Crippen LogP contribution in [-0.2, 0) is 17.9 Å². The first-order chi connectivity index (χ1) is 12.4. The second-order valence-electron chi connectivity index (χ2n) is 6.74. The third kappa shape index (κ3) is 2.67. The molecule has 4 heterocycles. The molecule has 5 rings (SSSR count). The van der Waals surface area contributed by atoms with Crippen molar-refractivity contribution in [3.63, 3.8) is 0 Å². The van der Waals surface area contributed by atoms with E-state index in [9.17, 15) is 0 Å². The first kappa shape index (κ1) is 14.9. The molecule has 0 unspecified atom stereocenters. The van der Waals surface area contributed by atoms with Gasteiger partial charge < -0.3 is 9.15 Å². The lowest BCUT2D eigenvalue weighted by molar-refractivity contribution is -0.0669. The number of ether oxygens (including phenoxy) is 1. The normalized spacial score (nSPS) is 23.2. The summed E-state index contributed by atoms with van der Waals surface area (Å²) in [5.41, 5.74) is 3.52. The van der Waals surface area contributed by atoms with E-state index in [1.807, 2.05) is 12.1 Å². The second kappa shape index (κ2) is 6.13. The van der Waals surface area contributed by atoms with E-state index in [2.05, 4.69) is 44.2 Å². The number of aromatic nitrogens is 3. The fraction of sp³-hybridized carbons (Fsp3) is 0.368. The van der Waals surface area contributed by atoms with Gasteiger partial charge in [0, 0.05) is 25.2 Å². The van der Waals surface area contributed by atoms with Gasteiger partial charge >= 0.3 is 0 Å². The molecule has 3 aromatic rings. The van der Waals surface area contributed by atoms with Crippen LogP contribution in [0.25, 0.3) is 11.3 Å². The van der Waals surface area contributed by atoms with Crippen LogP contribution in [0.5, 0.6) is 0 Å². The van der Waals surface area contributed by atoms with Crippen LogP contribution >= 0.6 is 0 Å². The highest BCUT2D eigenvalue weighted by Gasteiger charge is 2.36. The molecular formula is C19H20N4O2. The summed E-state index contributed by atoms with van der Waals surface area (Å²) in [6, 6.07) is 12.7. The fourth-order valence-corrected chi connectivity index (χ4v) is 3.96. The van der Waals surface area contributed by atoms with Crippen LogP contribution in [0.4, 0.5) is 0 Å². The van der Waals surface area contributed by atoms with Crippen molar-refractivity contribution in [3.8, 4) is 11.3 Å². The molecular weight excluding hydrogens is 316 g/mol. The minimum Gasteiger partial charge on any atom is -0.464 e. The molecule has 0 N–H and O–H groups in total. The Bertz CT molecular complexity index is 858. The number of benzene rings is 1. The van der Waals surface area contributed by atoms with Crippen LogP contribution in [0.1, 0.15) is 23.7 Å². The van der Waals surface area contributed by atoms with Crippen molar-refractivity contribution in [1.29, 1.82) is 0 Å². The van der Waals surface area contributed by atoms with Gasteiger partial charge in [-0.1, -0.05) is 29.5 Å². The average Bonchev–Trinajstić information content (AvgIpc) is 3.34. The van der Waals surface area contributed by atoms with E-state index < -0.39 is 0 Å². The van der Waals surface area contributed by atoms with Crippen molar-refractivity contribution in [2.75, 3.05) is 13.1 Å². The summed E-state index contributed by atoms with van der Waals surface area (Å²) in [7, 11) is 0. The molecule has 1 aromatic carbocycles. The Kier molecular flexibility index (Phi) is 3.64. The van der Waals surface area contributed by atoms with Gasteiger partial charge in [-0.15, -0.1) is 5.10 Å². The van der Waals surface area contributed by atoms with Crippen molar-refractivity contribution < 1.29 is 9.15 Å². The maximum Gasteiger partial charge on any atom is 0.134 e. The summed E-state index contributed by atoms with van der Waals surface area (Å²) in [5.74, 6) is 0.921. The van der Waals surface area contributed by atoms with Gasteiger partial charge in [0.25, 0.3) is 0 Å². The van der Waals surface area contributed by atoms with Gasteiger partial charge in [0.05, 0.1) is 36.9 Å². The highest BCUT2D eigenvalue weighted by atomic mass is 16.5. The van der Waals surface area contributed by atoms with E-state index in [1.165, 1.54) is 5.56 Å². The minimum atomic E-state index is 0.241. The standard InChI is InChI=1S/C19H20N4O2/c1-2-5-16(18-6-3-9-24-18)14(4-1)11-22-8-7-19-17(12-22)23-15(13-25-19)10-20-21-23/h1-6,9-10,17,19H,7-8,11-13H2/t17-,19-/m1/s1. The first-order valence-corrected chi connectivity index (χ1v) is 8.73.